The molecule has 0 bridgehead atoms. The number of benzene rings is 1. The first-order chi connectivity index (χ1) is 14.2. The normalized spacial score (nSPS) is 14.8. The molecule has 162 valence electrons. The van der Waals surface area contributed by atoms with Crippen LogP contribution in [0.15, 0.2) is 29.1 Å². The topological polar surface area (TPSA) is 76.5 Å². The Morgan fingerprint density at radius 2 is 1.97 bits per heavy atom. The molecule has 2 heterocycles. The molecule has 1 amide bonds. The number of nitrogens with zero attached hydrogens (tertiary/aromatic N) is 3. The van der Waals surface area contributed by atoms with Gasteiger partial charge in [-0.15, -0.1) is 4.73 Å². The zero-order valence-electron chi connectivity index (χ0n) is 16.9. The molecule has 1 aliphatic heterocycles. The van der Waals surface area contributed by atoms with Gasteiger partial charge in [0.15, 0.2) is 0 Å². The van der Waals surface area contributed by atoms with E-state index in [4.69, 9.17) is 4.84 Å². The Morgan fingerprint density at radius 1 is 1.30 bits per heavy atom. The summed E-state index contributed by atoms with van der Waals surface area (Å²) < 4.78 is 39.3. The number of rotatable bonds is 5. The molecule has 1 aromatic carbocycles. The highest BCUT2D eigenvalue weighted by Gasteiger charge is 2.30. The van der Waals surface area contributed by atoms with Crippen LogP contribution in [0.5, 0.6) is 0 Å². The SMILES string of the molecule is CCC(=O)N1CCc2nc(NC(C)c3ccc(C(F)(F)F)cc3)n(OC)c(=O)c2C1. The van der Waals surface area contributed by atoms with Crippen LogP contribution in [0.2, 0.25) is 0 Å². The van der Waals surface area contributed by atoms with Gasteiger partial charge in [0.2, 0.25) is 11.9 Å². The number of alkyl halides is 3. The average Bonchev–Trinajstić information content (AvgIpc) is 2.72. The lowest BCUT2D eigenvalue weighted by Gasteiger charge is -2.29. The summed E-state index contributed by atoms with van der Waals surface area (Å²) in [7, 11) is 1.32. The number of nitrogens with one attached hydrogen (secondary N) is 1. The van der Waals surface area contributed by atoms with Gasteiger partial charge in [0.1, 0.15) is 7.11 Å². The highest BCUT2D eigenvalue weighted by molar-refractivity contribution is 5.76. The molecule has 0 spiro atoms. The van der Waals surface area contributed by atoms with Gasteiger partial charge in [-0.05, 0) is 24.6 Å². The van der Waals surface area contributed by atoms with E-state index in [9.17, 15) is 22.8 Å². The van der Waals surface area contributed by atoms with E-state index in [1.54, 1.807) is 18.7 Å². The first-order valence-corrected chi connectivity index (χ1v) is 9.56. The van der Waals surface area contributed by atoms with Crippen LogP contribution in [-0.2, 0) is 23.9 Å². The summed E-state index contributed by atoms with van der Waals surface area (Å²) in [6, 6.07) is 4.35. The third-order valence-corrected chi connectivity index (χ3v) is 5.11. The third kappa shape index (κ3) is 4.27. The van der Waals surface area contributed by atoms with Gasteiger partial charge in [0.25, 0.3) is 5.56 Å². The smallest absolute Gasteiger partial charge is 0.411 e. The summed E-state index contributed by atoms with van der Waals surface area (Å²) in [5, 5.41) is 3.04. The molecule has 1 aromatic heterocycles. The fraction of sp³-hybridized carbons (Fsp3) is 0.450. The van der Waals surface area contributed by atoms with Gasteiger partial charge >= 0.3 is 6.18 Å². The zero-order valence-corrected chi connectivity index (χ0v) is 16.9. The monoisotopic (exact) mass is 424 g/mol. The first-order valence-electron chi connectivity index (χ1n) is 9.56. The Kier molecular flexibility index (Phi) is 6.04. The molecular formula is C20H23F3N4O3. The van der Waals surface area contributed by atoms with Gasteiger partial charge in [-0.1, -0.05) is 19.1 Å². The number of halogens is 3. The molecule has 7 nitrogen and oxygen atoms in total. The quantitative estimate of drug-likeness (QED) is 0.799. The summed E-state index contributed by atoms with van der Waals surface area (Å²) in [5.41, 5.74) is 0.425. The Labute approximate surface area is 171 Å². The number of amides is 1. The number of anilines is 1. The maximum atomic E-state index is 12.9. The van der Waals surface area contributed by atoms with Gasteiger partial charge in [-0.2, -0.15) is 13.2 Å². The van der Waals surface area contributed by atoms with Crippen molar-refractivity contribution in [3.8, 4) is 0 Å². The van der Waals surface area contributed by atoms with Gasteiger partial charge in [0, 0.05) is 19.4 Å². The Morgan fingerprint density at radius 3 is 2.53 bits per heavy atom. The Bertz CT molecular complexity index is 987. The Balaban J connectivity index is 1.87. The van der Waals surface area contributed by atoms with E-state index in [1.165, 1.54) is 19.2 Å². The second kappa shape index (κ2) is 8.37. The van der Waals surface area contributed by atoms with E-state index in [0.717, 1.165) is 16.9 Å². The summed E-state index contributed by atoms with van der Waals surface area (Å²) in [6.45, 7) is 4.15. The molecule has 0 saturated heterocycles. The minimum Gasteiger partial charge on any atom is -0.411 e. The van der Waals surface area contributed by atoms with E-state index in [-0.39, 0.29) is 18.4 Å². The predicted octanol–water partition coefficient (Wildman–Crippen LogP) is 2.79. The lowest BCUT2D eigenvalue weighted by atomic mass is 10.1. The van der Waals surface area contributed by atoms with Crippen LogP contribution in [-0.4, -0.2) is 34.2 Å². The summed E-state index contributed by atoms with van der Waals surface area (Å²) in [6.07, 6.45) is -3.62. The summed E-state index contributed by atoms with van der Waals surface area (Å²) in [5.74, 6) is 0.117. The highest BCUT2D eigenvalue weighted by Crippen LogP contribution is 2.30. The second-order valence-electron chi connectivity index (χ2n) is 7.05. The van der Waals surface area contributed by atoms with E-state index < -0.39 is 23.3 Å². The molecule has 0 saturated carbocycles. The molecule has 2 aromatic rings. The summed E-state index contributed by atoms with van der Waals surface area (Å²) in [4.78, 5) is 36.2. The number of carbonyl (C=O) groups is 1. The third-order valence-electron chi connectivity index (χ3n) is 5.11. The van der Waals surface area contributed by atoms with Crippen molar-refractivity contribution in [2.45, 2.75) is 45.5 Å². The molecule has 0 aliphatic carbocycles. The van der Waals surface area contributed by atoms with E-state index >= 15 is 0 Å². The van der Waals surface area contributed by atoms with Gasteiger partial charge in [0.05, 0.1) is 29.4 Å². The number of carbonyl (C=O) groups excluding carboxylic acids is 1. The molecule has 1 atom stereocenters. The van der Waals surface area contributed by atoms with Gasteiger partial charge in [-0.3, -0.25) is 9.59 Å². The number of hydrogen-bond donors (Lipinski definition) is 1. The molecule has 1 unspecified atom stereocenters. The van der Waals surface area contributed by atoms with Crippen LogP contribution in [0.1, 0.15) is 48.7 Å². The summed E-state index contributed by atoms with van der Waals surface area (Å²) >= 11 is 0. The number of fused-ring (bicyclic) bond motifs is 1. The first kappa shape index (κ1) is 21.7. The van der Waals surface area contributed by atoms with Gasteiger partial charge in [-0.25, -0.2) is 4.98 Å². The van der Waals surface area contributed by atoms with Crippen molar-refractivity contribution in [2.75, 3.05) is 19.0 Å². The minimum atomic E-state index is -4.40. The highest BCUT2D eigenvalue weighted by atomic mass is 19.4. The zero-order chi connectivity index (χ0) is 22.1. The van der Waals surface area contributed by atoms with Crippen LogP contribution in [0, 0.1) is 0 Å². The molecule has 3 rings (SSSR count). The molecule has 10 heteroatoms. The van der Waals surface area contributed by atoms with Crippen molar-refractivity contribution in [1.29, 1.82) is 0 Å². The fourth-order valence-electron chi connectivity index (χ4n) is 3.39. The van der Waals surface area contributed by atoms with Crippen molar-refractivity contribution in [3.05, 3.63) is 57.0 Å². The maximum Gasteiger partial charge on any atom is 0.416 e. The lowest BCUT2D eigenvalue weighted by molar-refractivity contribution is -0.137. The van der Waals surface area contributed by atoms with Gasteiger partial charge < -0.3 is 15.1 Å². The second-order valence-corrected chi connectivity index (χ2v) is 7.05. The molecule has 30 heavy (non-hydrogen) atoms. The number of hydrogen-bond acceptors (Lipinski definition) is 5. The molecule has 1 N–H and O–H groups in total. The van der Waals surface area contributed by atoms with E-state index in [0.29, 0.717) is 36.2 Å². The fourth-order valence-corrected chi connectivity index (χ4v) is 3.39. The van der Waals surface area contributed by atoms with Crippen LogP contribution in [0.25, 0.3) is 0 Å². The standard InChI is InChI=1S/C20H23F3N4O3/c1-4-17(28)26-10-9-16-15(11-26)18(29)27(30-3)19(25-16)24-12(2)13-5-7-14(8-6-13)20(21,22)23/h5-8,12H,4,9-11H2,1-3H3,(H,24,25). The molecular weight excluding hydrogens is 401 g/mol. The minimum absolute atomic E-state index is 0.0397. The predicted molar refractivity (Wildman–Crippen MR) is 104 cm³/mol. The average molecular weight is 424 g/mol. The molecule has 1 aliphatic rings. The van der Waals surface area contributed by atoms with Crippen molar-refractivity contribution in [2.24, 2.45) is 0 Å². The van der Waals surface area contributed by atoms with E-state index in [1.807, 2.05) is 0 Å². The van der Waals surface area contributed by atoms with Crippen LogP contribution >= 0.6 is 0 Å². The molecule has 0 fully saturated rings. The van der Waals surface area contributed by atoms with Crippen LogP contribution in [0.4, 0.5) is 19.1 Å². The van der Waals surface area contributed by atoms with Crippen molar-refractivity contribution in [3.63, 3.8) is 0 Å². The number of aromatic nitrogens is 2. The molecule has 0 radical (unpaired) electrons. The van der Waals surface area contributed by atoms with E-state index in [2.05, 4.69) is 10.3 Å². The van der Waals surface area contributed by atoms with Crippen molar-refractivity contribution in [1.82, 2.24) is 14.6 Å². The Hall–Kier alpha value is -3.04. The van der Waals surface area contributed by atoms with Crippen LogP contribution in [0.3, 0.4) is 0 Å². The largest absolute Gasteiger partial charge is 0.416 e. The van der Waals surface area contributed by atoms with Crippen LogP contribution < -0.4 is 15.7 Å². The maximum absolute atomic E-state index is 12.9. The van der Waals surface area contributed by atoms with Crippen molar-refractivity contribution < 1.29 is 22.8 Å². The van der Waals surface area contributed by atoms with Crippen molar-refractivity contribution >= 4 is 11.9 Å². The lowest BCUT2D eigenvalue weighted by Crippen LogP contribution is -2.42.